The first-order chi connectivity index (χ1) is 13.5. The van der Waals surface area contributed by atoms with Crippen molar-refractivity contribution >= 4 is 18.1 Å². The van der Waals surface area contributed by atoms with Gasteiger partial charge in [0, 0.05) is 50.7 Å². The van der Waals surface area contributed by atoms with Crippen LogP contribution in [0, 0.1) is 0 Å². The van der Waals surface area contributed by atoms with Crippen LogP contribution in [-0.2, 0) is 5.54 Å². The summed E-state index contributed by atoms with van der Waals surface area (Å²) < 4.78 is 0. The molecular weight excluding hydrogens is 342 g/mol. The van der Waals surface area contributed by atoms with Crippen LogP contribution >= 0.6 is 0 Å². The highest BCUT2D eigenvalue weighted by molar-refractivity contribution is 5.65. The third kappa shape index (κ3) is 4.76. The Morgan fingerprint density at radius 3 is 1.64 bits per heavy atom. The van der Waals surface area contributed by atoms with Gasteiger partial charge in [0.1, 0.15) is 5.54 Å². The van der Waals surface area contributed by atoms with Crippen LogP contribution < -0.4 is 9.80 Å². The molecule has 0 radical (unpaired) electrons. The summed E-state index contributed by atoms with van der Waals surface area (Å²) in [6.45, 7) is 6.38. The molecule has 2 rings (SSSR count). The van der Waals surface area contributed by atoms with Gasteiger partial charge in [0.05, 0.1) is 0 Å². The minimum Gasteiger partial charge on any atom is -0.377 e. The molecule has 0 aliphatic rings. The number of benzene rings is 2. The maximum atomic E-state index is 4.86. The quantitative estimate of drug-likeness (QED) is 0.346. The second-order valence-electron chi connectivity index (χ2n) is 8.01. The van der Waals surface area contributed by atoms with Crippen molar-refractivity contribution in [2.24, 2.45) is 4.99 Å². The van der Waals surface area contributed by atoms with Gasteiger partial charge in [0.25, 0.3) is 0 Å². The van der Waals surface area contributed by atoms with Crippen molar-refractivity contribution < 1.29 is 0 Å². The Bertz CT molecular complexity index is 697. The molecule has 0 saturated carbocycles. The molecule has 0 saturated heterocycles. The van der Waals surface area contributed by atoms with E-state index in [0.29, 0.717) is 0 Å². The molecule has 0 fully saturated rings. The zero-order valence-electron chi connectivity index (χ0n) is 18.4. The van der Waals surface area contributed by atoms with Crippen molar-refractivity contribution in [1.82, 2.24) is 0 Å². The van der Waals surface area contributed by atoms with Gasteiger partial charge < -0.3 is 9.80 Å². The van der Waals surface area contributed by atoms with Gasteiger partial charge in [0.15, 0.2) is 0 Å². The average molecular weight is 380 g/mol. The molecule has 0 amide bonds. The fourth-order valence-electron chi connectivity index (χ4n) is 4.07. The maximum absolute atomic E-state index is 4.86. The summed E-state index contributed by atoms with van der Waals surface area (Å²) >= 11 is 0. The highest BCUT2D eigenvalue weighted by Gasteiger charge is 2.37. The molecule has 0 spiro atoms. The summed E-state index contributed by atoms with van der Waals surface area (Å²) in [7, 11) is 8.41. The van der Waals surface area contributed by atoms with E-state index in [4.69, 9.17) is 4.99 Å². The molecule has 0 heterocycles. The zero-order valence-corrected chi connectivity index (χ0v) is 18.4. The summed E-state index contributed by atoms with van der Waals surface area (Å²) in [5.41, 5.74) is 4.43. The Hall–Kier alpha value is -2.29. The molecule has 0 aromatic heterocycles. The lowest BCUT2D eigenvalue weighted by molar-refractivity contribution is 0.459. The van der Waals surface area contributed by atoms with E-state index in [1.807, 2.05) is 0 Å². The first-order valence-corrected chi connectivity index (χ1v) is 10.5. The number of anilines is 2. The normalized spacial score (nSPS) is 11.3. The fourth-order valence-corrected chi connectivity index (χ4v) is 4.07. The Labute approximate surface area is 172 Å². The number of rotatable bonds is 11. The number of unbranched alkanes of at least 4 members (excludes halogenated alkanes) is 4. The van der Waals surface area contributed by atoms with Crippen LogP contribution in [-0.4, -0.2) is 34.9 Å². The number of para-hydroxylation sites is 2. The Balaban J connectivity index is 2.60. The van der Waals surface area contributed by atoms with Gasteiger partial charge in [0.2, 0.25) is 0 Å². The first kappa shape index (κ1) is 22.0. The predicted molar refractivity (Wildman–Crippen MR) is 125 cm³/mol. The number of aliphatic imine (C=N–C) groups is 1. The molecule has 2 aromatic carbocycles. The van der Waals surface area contributed by atoms with E-state index in [1.165, 1.54) is 48.2 Å². The molecule has 3 nitrogen and oxygen atoms in total. The number of nitrogens with zero attached hydrogens (tertiary/aromatic N) is 3. The fraction of sp³-hybridized carbons (Fsp3) is 0.480. The standard InChI is InChI=1S/C25H37N3/c1-7-8-9-10-15-20-25(26-2,21-16-11-13-18-23(21)27(3)4)22-17-12-14-19-24(22)28(5)6/h11-14,16-19H,2,7-10,15,20H2,1,3-6H3. The highest BCUT2D eigenvalue weighted by Crippen LogP contribution is 2.45. The number of hydrogen-bond donors (Lipinski definition) is 0. The monoisotopic (exact) mass is 379 g/mol. The van der Waals surface area contributed by atoms with Crippen molar-refractivity contribution in [2.45, 2.75) is 51.0 Å². The minimum atomic E-state index is -0.450. The van der Waals surface area contributed by atoms with E-state index in [2.05, 4.69) is 100 Å². The Kier molecular flexibility index (Phi) is 8.10. The second-order valence-corrected chi connectivity index (χ2v) is 8.01. The van der Waals surface area contributed by atoms with Crippen LogP contribution in [0.1, 0.15) is 56.6 Å². The highest BCUT2D eigenvalue weighted by atomic mass is 15.1. The van der Waals surface area contributed by atoms with Crippen molar-refractivity contribution in [3.05, 3.63) is 59.7 Å². The SMILES string of the molecule is C=NC(CCCCCCC)(c1ccccc1N(C)C)c1ccccc1N(C)C. The lowest BCUT2D eigenvalue weighted by Gasteiger charge is -2.36. The maximum Gasteiger partial charge on any atom is 0.114 e. The van der Waals surface area contributed by atoms with Gasteiger partial charge in [-0.3, -0.25) is 4.99 Å². The van der Waals surface area contributed by atoms with Crippen molar-refractivity contribution in [3.8, 4) is 0 Å². The van der Waals surface area contributed by atoms with E-state index in [1.54, 1.807) is 0 Å². The summed E-state index contributed by atoms with van der Waals surface area (Å²) in [4.78, 5) is 9.23. The third-order valence-corrected chi connectivity index (χ3v) is 5.57. The molecule has 0 N–H and O–H groups in total. The molecule has 0 atom stereocenters. The van der Waals surface area contributed by atoms with Crippen LogP contribution in [0.25, 0.3) is 0 Å². The van der Waals surface area contributed by atoms with Crippen molar-refractivity contribution in [3.63, 3.8) is 0 Å². The van der Waals surface area contributed by atoms with Crippen LogP contribution in [0.4, 0.5) is 11.4 Å². The van der Waals surface area contributed by atoms with E-state index < -0.39 is 5.54 Å². The van der Waals surface area contributed by atoms with Crippen LogP contribution in [0.3, 0.4) is 0 Å². The van der Waals surface area contributed by atoms with Gasteiger partial charge in [-0.1, -0.05) is 75.4 Å². The van der Waals surface area contributed by atoms with Crippen molar-refractivity contribution in [1.29, 1.82) is 0 Å². The predicted octanol–water partition coefficient (Wildman–Crippen LogP) is 6.12. The molecule has 0 aliphatic heterocycles. The van der Waals surface area contributed by atoms with Gasteiger partial charge in [-0.05, 0) is 25.3 Å². The van der Waals surface area contributed by atoms with Gasteiger partial charge in [-0.2, -0.15) is 0 Å². The second kappa shape index (κ2) is 10.3. The third-order valence-electron chi connectivity index (χ3n) is 5.57. The Morgan fingerprint density at radius 2 is 1.21 bits per heavy atom. The molecule has 3 heteroatoms. The van der Waals surface area contributed by atoms with E-state index in [0.717, 1.165) is 12.8 Å². The van der Waals surface area contributed by atoms with Gasteiger partial charge in [-0.25, -0.2) is 0 Å². The molecule has 0 bridgehead atoms. The molecule has 0 aliphatic carbocycles. The summed E-state index contributed by atoms with van der Waals surface area (Å²) in [6.07, 6.45) is 7.20. The minimum absolute atomic E-state index is 0.450. The molecule has 28 heavy (non-hydrogen) atoms. The van der Waals surface area contributed by atoms with Gasteiger partial charge in [-0.15, -0.1) is 0 Å². The molecule has 2 aromatic rings. The molecule has 0 unspecified atom stereocenters. The zero-order chi connectivity index (χ0) is 20.6. The smallest absolute Gasteiger partial charge is 0.114 e. The summed E-state index contributed by atoms with van der Waals surface area (Å²) in [6, 6.07) is 17.3. The van der Waals surface area contributed by atoms with Crippen molar-refractivity contribution in [2.75, 3.05) is 38.0 Å². The summed E-state index contributed by atoms with van der Waals surface area (Å²) in [5.74, 6) is 0. The molecule has 152 valence electrons. The topological polar surface area (TPSA) is 18.8 Å². The van der Waals surface area contributed by atoms with Crippen LogP contribution in [0.5, 0.6) is 0 Å². The average Bonchev–Trinajstić information content (AvgIpc) is 2.71. The van der Waals surface area contributed by atoms with Crippen LogP contribution in [0.2, 0.25) is 0 Å². The van der Waals surface area contributed by atoms with Gasteiger partial charge >= 0.3 is 0 Å². The summed E-state index contributed by atoms with van der Waals surface area (Å²) in [5, 5.41) is 0. The lowest BCUT2D eigenvalue weighted by atomic mass is 9.77. The first-order valence-electron chi connectivity index (χ1n) is 10.5. The van der Waals surface area contributed by atoms with E-state index >= 15 is 0 Å². The van der Waals surface area contributed by atoms with E-state index in [-0.39, 0.29) is 0 Å². The lowest BCUT2D eigenvalue weighted by Crippen LogP contribution is -2.30. The Morgan fingerprint density at radius 1 is 0.750 bits per heavy atom. The largest absolute Gasteiger partial charge is 0.377 e. The van der Waals surface area contributed by atoms with Crippen LogP contribution in [0.15, 0.2) is 53.5 Å². The molecular formula is C25H37N3. The number of hydrogen-bond acceptors (Lipinski definition) is 3. The van der Waals surface area contributed by atoms with E-state index in [9.17, 15) is 0 Å².